The van der Waals surface area contributed by atoms with Gasteiger partial charge < -0.3 is 4.90 Å². The van der Waals surface area contributed by atoms with Gasteiger partial charge in [0, 0.05) is 12.4 Å². The molecule has 0 aromatic heterocycles. The smallest absolute Gasteiger partial charge is 0.144 e. The quantitative estimate of drug-likeness (QED) is 0.425. The lowest BCUT2D eigenvalue weighted by molar-refractivity contribution is -0.104. The molecule has 0 N–H and O–H groups in total. The van der Waals surface area contributed by atoms with Gasteiger partial charge in [-0.05, 0) is 11.5 Å². The number of nitrogens with zero attached hydrogens (tertiary/aromatic N) is 1. The number of thioether (sulfide) groups is 1. The number of rotatable bonds is 2. The molecule has 1 heterocycles. The second-order valence-electron chi connectivity index (χ2n) is 1.57. The summed E-state index contributed by atoms with van der Waals surface area (Å²) < 4.78 is 0. The lowest BCUT2D eigenvalue weighted by Gasteiger charge is -2.04. The van der Waals surface area contributed by atoms with Gasteiger partial charge in [-0.1, -0.05) is 0 Å². The first-order valence-corrected chi connectivity index (χ1v) is 3.64. The molecule has 0 fully saturated rings. The van der Waals surface area contributed by atoms with Crippen LogP contribution >= 0.6 is 11.8 Å². The maximum absolute atomic E-state index is 9.82. The largest absolute Gasteiger partial charge is 0.344 e. The number of hydrogen-bond donors (Lipinski definition) is 0. The first kappa shape index (κ1) is 6.42. The predicted octanol–water partition coefficient (Wildman–Crippen LogP) is 1.18. The Morgan fingerprint density at radius 3 is 3.11 bits per heavy atom. The summed E-state index contributed by atoms with van der Waals surface area (Å²) in [4.78, 5) is 11.8. The fourth-order valence-corrected chi connectivity index (χ4v) is 1.20. The monoisotopic (exact) mass is 141 g/mol. The van der Waals surface area contributed by atoms with Crippen molar-refractivity contribution >= 4 is 18.0 Å². The van der Waals surface area contributed by atoms with Gasteiger partial charge in [0.25, 0.3) is 0 Å². The maximum atomic E-state index is 9.82. The SMILES string of the molecule is O=CC=CN1C=CSC1. The zero-order valence-electron chi connectivity index (χ0n) is 4.86. The van der Waals surface area contributed by atoms with E-state index in [1.165, 1.54) is 6.08 Å². The number of carbonyl (C=O) groups excluding carboxylic acids is 1. The van der Waals surface area contributed by atoms with Crippen molar-refractivity contribution in [1.82, 2.24) is 4.90 Å². The van der Waals surface area contributed by atoms with E-state index in [2.05, 4.69) is 0 Å². The van der Waals surface area contributed by atoms with Gasteiger partial charge in [-0.15, -0.1) is 11.8 Å². The molecule has 0 spiro atoms. The molecule has 0 amide bonds. The normalized spacial score (nSPS) is 17.6. The average molecular weight is 141 g/mol. The Balaban J connectivity index is 2.35. The van der Waals surface area contributed by atoms with Crippen LogP contribution in [0, 0.1) is 0 Å². The minimum absolute atomic E-state index is 0.775. The molecule has 0 aromatic carbocycles. The second kappa shape index (κ2) is 3.35. The summed E-state index contributed by atoms with van der Waals surface area (Å²) in [5.74, 6) is 0.921. The molecule has 0 unspecified atom stereocenters. The van der Waals surface area contributed by atoms with Crippen molar-refractivity contribution in [3.05, 3.63) is 23.9 Å². The minimum Gasteiger partial charge on any atom is -0.344 e. The summed E-state index contributed by atoms with van der Waals surface area (Å²) in [6.45, 7) is 0. The van der Waals surface area contributed by atoms with Gasteiger partial charge in [-0.3, -0.25) is 4.79 Å². The van der Waals surface area contributed by atoms with Gasteiger partial charge >= 0.3 is 0 Å². The topological polar surface area (TPSA) is 20.3 Å². The molecule has 0 saturated carbocycles. The molecule has 1 rings (SSSR count). The van der Waals surface area contributed by atoms with Gasteiger partial charge in [0.05, 0.1) is 5.88 Å². The first-order valence-electron chi connectivity index (χ1n) is 2.59. The van der Waals surface area contributed by atoms with Crippen LogP contribution in [0.25, 0.3) is 0 Å². The van der Waals surface area contributed by atoms with Crippen molar-refractivity contribution in [2.75, 3.05) is 5.88 Å². The van der Waals surface area contributed by atoms with E-state index in [1.807, 2.05) is 16.5 Å². The van der Waals surface area contributed by atoms with E-state index in [0.29, 0.717) is 0 Å². The number of carbonyl (C=O) groups is 1. The van der Waals surface area contributed by atoms with Crippen molar-refractivity contribution in [3.8, 4) is 0 Å². The number of hydrogen-bond acceptors (Lipinski definition) is 3. The molecule has 2 nitrogen and oxygen atoms in total. The van der Waals surface area contributed by atoms with E-state index in [4.69, 9.17) is 0 Å². The average Bonchev–Trinajstić information content (AvgIpc) is 2.34. The number of aldehydes is 1. The highest BCUT2D eigenvalue weighted by Gasteiger charge is 1.97. The molecule has 3 heteroatoms. The Hall–Kier alpha value is -0.700. The van der Waals surface area contributed by atoms with Crippen LogP contribution < -0.4 is 0 Å². The van der Waals surface area contributed by atoms with E-state index in [0.717, 1.165) is 12.2 Å². The van der Waals surface area contributed by atoms with Crippen LogP contribution in [0.3, 0.4) is 0 Å². The molecule has 9 heavy (non-hydrogen) atoms. The fraction of sp³-hybridized carbons (Fsp3) is 0.167. The molecule has 0 radical (unpaired) electrons. The summed E-state index contributed by atoms with van der Waals surface area (Å²) in [6.07, 6.45) is 5.95. The molecule has 1 aliphatic heterocycles. The van der Waals surface area contributed by atoms with Crippen molar-refractivity contribution in [3.63, 3.8) is 0 Å². The maximum Gasteiger partial charge on any atom is 0.144 e. The Kier molecular flexibility index (Phi) is 2.39. The summed E-state index contributed by atoms with van der Waals surface area (Å²) in [6, 6.07) is 0. The minimum atomic E-state index is 0.775. The zero-order valence-corrected chi connectivity index (χ0v) is 5.67. The lowest BCUT2D eigenvalue weighted by atomic mass is 10.6. The molecule has 0 atom stereocenters. The first-order chi connectivity index (χ1) is 4.43. The highest BCUT2D eigenvalue weighted by Crippen LogP contribution is 2.14. The molecule has 0 aromatic rings. The third-order valence-electron chi connectivity index (χ3n) is 0.928. The van der Waals surface area contributed by atoms with E-state index < -0.39 is 0 Å². The zero-order chi connectivity index (χ0) is 6.53. The summed E-state index contributed by atoms with van der Waals surface area (Å²) >= 11 is 1.71. The van der Waals surface area contributed by atoms with Crippen molar-refractivity contribution < 1.29 is 4.79 Å². The van der Waals surface area contributed by atoms with Crippen LogP contribution in [-0.2, 0) is 4.79 Å². The Morgan fingerprint density at radius 2 is 2.56 bits per heavy atom. The lowest BCUT2D eigenvalue weighted by Crippen LogP contribution is -2.02. The molecule has 0 bridgehead atoms. The second-order valence-corrected chi connectivity index (χ2v) is 2.44. The predicted molar refractivity (Wildman–Crippen MR) is 38.6 cm³/mol. The van der Waals surface area contributed by atoms with E-state index in [9.17, 15) is 4.79 Å². The highest BCUT2D eigenvalue weighted by molar-refractivity contribution is 8.02. The molecule has 0 aliphatic carbocycles. The van der Waals surface area contributed by atoms with Crippen LogP contribution in [0.4, 0.5) is 0 Å². The van der Waals surface area contributed by atoms with Gasteiger partial charge in [0.1, 0.15) is 6.29 Å². The fourth-order valence-electron chi connectivity index (χ4n) is 0.532. The third kappa shape index (κ3) is 1.93. The summed E-state index contributed by atoms with van der Waals surface area (Å²) in [5.41, 5.74) is 0. The summed E-state index contributed by atoms with van der Waals surface area (Å²) in [7, 11) is 0. The molecule has 1 aliphatic rings. The number of allylic oxidation sites excluding steroid dienone is 1. The van der Waals surface area contributed by atoms with Gasteiger partial charge in [0.2, 0.25) is 0 Å². The Labute approximate surface area is 58.2 Å². The van der Waals surface area contributed by atoms with Crippen molar-refractivity contribution in [2.45, 2.75) is 0 Å². The third-order valence-corrected chi connectivity index (χ3v) is 1.69. The van der Waals surface area contributed by atoms with Crippen LogP contribution in [0.2, 0.25) is 0 Å². The molecule has 48 valence electrons. The highest BCUT2D eigenvalue weighted by atomic mass is 32.2. The molecular formula is C6H7NOS. The van der Waals surface area contributed by atoms with Crippen LogP contribution in [0.15, 0.2) is 23.9 Å². The van der Waals surface area contributed by atoms with Gasteiger partial charge in [-0.25, -0.2) is 0 Å². The van der Waals surface area contributed by atoms with Gasteiger partial charge in [-0.2, -0.15) is 0 Å². The van der Waals surface area contributed by atoms with E-state index in [-0.39, 0.29) is 0 Å². The van der Waals surface area contributed by atoms with Crippen LogP contribution in [0.5, 0.6) is 0 Å². The van der Waals surface area contributed by atoms with E-state index >= 15 is 0 Å². The summed E-state index contributed by atoms with van der Waals surface area (Å²) in [5, 5.41) is 2.00. The van der Waals surface area contributed by atoms with Crippen molar-refractivity contribution in [2.24, 2.45) is 0 Å². The van der Waals surface area contributed by atoms with Crippen LogP contribution in [-0.4, -0.2) is 17.1 Å². The van der Waals surface area contributed by atoms with Crippen LogP contribution in [0.1, 0.15) is 0 Å². The van der Waals surface area contributed by atoms with Crippen molar-refractivity contribution in [1.29, 1.82) is 0 Å². The Morgan fingerprint density at radius 1 is 1.67 bits per heavy atom. The Bertz CT molecular complexity index is 153. The molecular weight excluding hydrogens is 134 g/mol. The molecule has 0 saturated heterocycles. The van der Waals surface area contributed by atoms with Gasteiger partial charge in [0.15, 0.2) is 0 Å². The van der Waals surface area contributed by atoms with E-state index in [1.54, 1.807) is 18.0 Å². The standard InChI is InChI=1S/C6H7NOS/c8-4-1-2-7-3-5-9-6-7/h1-5H,6H2.